The molecule has 0 bridgehead atoms. The van der Waals surface area contributed by atoms with Crippen LogP contribution in [0.3, 0.4) is 0 Å². The molecule has 0 aliphatic heterocycles. The number of nitrogens with zero attached hydrogens (tertiary/aromatic N) is 1. The number of aromatic amines is 2. The molecule has 144 valence electrons. The lowest BCUT2D eigenvalue weighted by atomic mass is 10.1. The highest BCUT2D eigenvalue weighted by molar-refractivity contribution is 7.92. The number of halogens is 1. The number of nitrogens with one attached hydrogen (secondary N) is 3. The minimum atomic E-state index is -3.91. The zero-order valence-electron chi connectivity index (χ0n) is 15.0. The van der Waals surface area contributed by atoms with Gasteiger partial charge in [0, 0.05) is 22.0 Å². The lowest BCUT2D eigenvalue weighted by molar-refractivity contribution is 0.595. The summed E-state index contributed by atoms with van der Waals surface area (Å²) < 4.78 is 41.1. The maximum Gasteiger partial charge on any atom is 0.261 e. The van der Waals surface area contributed by atoms with Gasteiger partial charge in [-0.3, -0.25) is 9.82 Å². The second-order valence-electron chi connectivity index (χ2n) is 6.67. The summed E-state index contributed by atoms with van der Waals surface area (Å²) in [6, 6.07) is 19.9. The number of anilines is 1. The Morgan fingerprint density at radius 1 is 0.897 bits per heavy atom. The van der Waals surface area contributed by atoms with Gasteiger partial charge in [0.25, 0.3) is 10.0 Å². The Balaban J connectivity index is 1.56. The Kier molecular flexibility index (Phi) is 3.88. The van der Waals surface area contributed by atoms with E-state index in [0.29, 0.717) is 11.4 Å². The third-order valence-electron chi connectivity index (χ3n) is 4.71. The number of sulfonamides is 1. The van der Waals surface area contributed by atoms with Crippen LogP contribution in [0, 0.1) is 5.82 Å². The Bertz CT molecular complexity index is 1440. The van der Waals surface area contributed by atoms with E-state index in [1.54, 1.807) is 18.2 Å². The van der Waals surface area contributed by atoms with Crippen LogP contribution in [0.15, 0.2) is 77.7 Å². The van der Waals surface area contributed by atoms with E-state index in [1.165, 1.54) is 18.2 Å². The number of aromatic nitrogens is 3. The highest BCUT2D eigenvalue weighted by atomic mass is 32.2. The summed E-state index contributed by atoms with van der Waals surface area (Å²) in [5.74, 6) is -0.612. The number of para-hydroxylation sites is 1. The van der Waals surface area contributed by atoms with Gasteiger partial charge in [-0.15, -0.1) is 0 Å². The van der Waals surface area contributed by atoms with Crippen molar-refractivity contribution >= 4 is 37.5 Å². The fourth-order valence-electron chi connectivity index (χ4n) is 3.33. The van der Waals surface area contributed by atoms with E-state index < -0.39 is 15.8 Å². The molecule has 6 nitrogen and oxygen atoms in total. The monoisotopic (exact) mass is 406 g/mol. The first-order chi connectivity index (χ1) is 14.0. The second kappa shape index (κ2) is 6.46. The molecule has 3 aromatic carbocycles. The molecule has 0 aliphatic rings. The second-order valence-corrected chi connectivity index (χ2v) is 8.35. The van der Waals surface area contributed by atoms with E-state index in [0.717, 1.165) is 33.6 Å². The van der Waals surface area contributed by atoms with Gasteiger partial charge in [0.05, 0.1) is 16.1 Å². The molecule has 0 fully saturated rings. The Morgan fingerprint density at radius 2 is 1.76 bits per heavy atom. The highest BCUT2D eigenvalue weighted by Crippen LogP contribution is 2.30. The molecule has 2 heterocycles. The molecule has 0 saturated heterocycles. The molecule has 0 aliphatic carbocycles. The first-order valence-corrected chi connectivity index (χ1v) is 10.3. The van der Waals surface area contributed by atoms with E-state index in [4.69, 9.17) is 0 Å². The van der Waals surface area contributed by atoms with Gasteiger partial charge in [-0.1, -0.05) is 24.3 Å². The van der Waals surface area contributed by atoms with Gasteiger partial charge >= 0.3 is 0 Å². The van der Waals surface area contributed by atoms with Crippen molar-refractivity contribution in [1.82, 2.24) is 15.2 Å². The Labute approximate surface area is 165 Å². The van der Waals surface area contributed by atoms with E-state index in [9.17, 15) is 12.8 Å². The van der Waals surface area contributed by atoms with Crippen molar-refractivity contribution in [3.63, 3.8) is 0 Å². The summed E-state index contributed by atoms with van der Waals surface area (Å²) >= 11 is 0. The summed E-state index contributed by atoms with van der Waals surface area (Å²) in [4.78, 5) is 3.19. The van der Waals surface area contributed by atoms with Crippen molar-refractivity contribution in [2.45, 2.75) is 4.90 Å². The van der Waals surface area contributed by atoms with Gasteiger partial charge in [0.1, 0.15) is 11.5 Å². The molecular weight excluding hydrogens is 391 g/mol. The predicted molar refractivity (Wildman–Crippen MR) is 111 cm³/mol. The van der Waals surface area contributed by atoms with Crippen molar-refractivity contribution in [3.05, 3.63) is 78.6 Å². The molecule has 5 rings (SSSR count). The van der Waals surface area contributed by atoms with Gasteiger partial charge < -0.3 is 4.98 Å². The predicted octanol–water partition coefficient (Wildman–Crippen LogP) is 4.65. The number of hydrogen-bond donors (Lipinski definition) is 3. The van der Waals surface area contributed by atoms with Crippen LogP contribution in [0.4, 0.5) is 10.1 Å². The highest BCUT2D eigenvalue weighted by Gasteiger charge is 2.17. The fourth-order valence-corrected chi connectivity index (χ4v) is 4.41. The molecule has 0 spiro atoms. The van der Waals surface area contributed by atoms with Gasteiger partial charge in [0.2, 0.25) is 0 Å². The number of hydrogen-bond acceptors (Lipinski definition) is 3. The molecule has 0 amide bonds. The quantitative estimate of drug-likeness (QED) is 0.406. The fraction of sp³-hybridized carbons (Fsp3) is 0. The zero-order chi connectivity index (χ0) is 20.0. The standard InChI is InChI=1S/C21H15FN4O2S/c22-14-5-3-6-16(11-14)29(27,28)26-15-8-9-19-17(12-15)21(25-24-19)20-10-13-4-1-2-7-18(13)23-20/h1-12,23,26H,(H,24,25). The Hall–Kier alpha value is -3.65. The zero-order valence-corrected chi connectivity index (χ0v) is 15.8. The topological polar surface area (TPSA) is 90.6 Å². The molecule has 8 heteroatoms. The minimum Gasteiger partial charge on any atom is -0.353 e. The van der Waals surface area contributed by atoms with Crippen LogP contribution < -0.4 is 4.72 Å². The first kappa shape index (κ1) is 17.4. The first-order valence-electron chi connectivity index (χ1n) is 8.84. The third kappa shape index (κ3) is 3.13. The number of rotatable bonds is 4. The lowest BCUT2D eigenvalue weighted by Crippen LogP contribution is -2.13. The summed E-state index contributed by atoms with van der Waals surface area (Å²) in [7, 11) is -3.91. The van der Waals surface area contributed by atoms with E-state index >= 15 is 0 Å². The van der Waals surface area contributed by atoms with Gasteiger partial charge in [-0.2, -0.15) is 5.10 Å². The van der Waals surface area contributed by atoms with Crippen molar-refractivity contribution in [3.8, 4) is 11.4 Å². The summed E-state index contributed by atoms with van der Waals surface area (Å²) in [6.07, 6.45) is 0. The van der Waals surface area contributed by atoms with E-state index in [1.807, 2.05) is 30.3 Å². The Morgan fingerprint density at radius 3 is 2.59 bits per heavy atom. The van der Waals surface area contributed by atoms with E-state index in [-0.39, 0.29) is 4.90 Å². The molecule has 0 saturated carbocycles. The molecular formula is C21H15FN4O2S. The lowest BCUT2D eigenvalue weighted by Gasteiger charge is -2.08. The average Bonchev–Trinajstić information content (AvgIpc) is 3.31. The van der Waals surface area contributed by atoms with Crippen LogP contribution in [0.5, 0.6) is 0 Å². The van der Waals surface area contributed by atoms with Crippen molar-refractivity contribution < 1.29 is 12.8 Å². The SMILES string of the molecule is O=S(=O)(Nc1ccc2[nH]nc(-c3cc4ccccc4[nH]3)c2c1)c1cccc(F)c1. The van der Waals surface area contributed by atoms with Crippen LogP contribution in [-0.4, -0.2) is 23.6 Å². The average molecular weight is 406 g/mol. The molecule has 3 N–H and O–H groups in total. The molecule has 0 unspecified atom stereocenters. The van der Waals surface area contributed by atoms with Crippen molar-refractivity contribution in [2.75, 3.05) is 4.72 Å². The van der Waals surface area contributed by atoms with E-state index in [2.05, 4.69) is 19.9 Å². The van der Waals surface area contributed by atoms with Crippen molar-refractivity contribution in [2.24, 2.45) is 0 Å². The van der Waals surface area contributed by atoms with Crippen LogP contribution in [0.2, 0.25) is 0 Å². The largest absolute Gasteiger partial charge is 0.353 e. The van der Waals surface area contributed by atoms with Crippen LogP contribution in [-0.2, 0) is 10.0 Å². The van der Waals surface area contributed by atoms with Crippen LogP contribution in [0.25, 0.3) is 33.2 Å². The van der Waals surface area contributed by atoms with Crippen LogP contribution in [0.1, 0.15) is 0 Å². The molecule has 5 aromatic rings. The smallest absolute Gasteiger partial charge is 0.261 e. The van der Waals surface area contributed by atoms with Gasteiger partial charge in [0.15, 0.2) is 0 Å². The summed E-state index contributed by atoms with van der Waals surface area (Å²) in [5, 5.41) is 9.17. The maximum atomic E-state index is 13.4. The minimum absolute atomic E-state index is 0.138. The van der Waals surface area contributed by atoms with Gasteiger partial charge in [-0.05, 0) is 48.5 Å². The number of H-pyrrole nitrogens is 2. The number of fused-ring (bicyclic) bond motifs is 2. The van der Waals surface area contributed by atoms with Crippen LogP contribution >= 0.6 is 0 Å². The molecule has 0 atom stereocenters. The summed E-state index contributed by atoms with van der Waals surface area (Å²) in [5.41, 5.74) is 3.63. The van der Waals surface area contributed by atoms with Gasteiger partial charge in [-0.25, -0.2) is 12.8 Å². The number of benzene rings is 3. The molecule has 29 heavy (non-hydrogen) atoms. The molecule has 0 radical (unpaired) electrons. The maximum absolute atomic E-state index is 13.4. The summed E-state index contributed by atoms with van der Waals surface area (Å²) in [6.45, 7) is 0. The normalized spacial score (nSPS) is 11.9. The van der Waals surface area contributed by atoms with Crippen molar-refractivity contribution in [1.29, 1.82) is 0 Å². The third-order valence-corrected chi connectivity index (χ3v) is 6.09. The molecule has 2 aromatic heterocycles.